The Morgan fingerprint density at radius 2 is 2.24 bits per heavy atom. The molecule has 0 atom stereocenters. The van der Waals surface area contributed by atoms with E-state index in [1.54, 1.807) is 11.0 Å². The highest BCUT2D eigenvalue weighted by Crippen LogP contribution is 2.35. The molecule has 2 N–H and O–H groups in total. The number of carbonyl (C=O) groups is 1. The van der Waals surface area contributed by atoms with E-state index in [0.29, 0.717) is 22.5 Å². The average molecular weight is 305 g/mol. The number of hydrogen-bond donors (Lipinski definition) is 1. The van der Waals surface area contributed by atoms with E-state index in [1.165, 1.54) is 23.5 Å². The molecule has 0 saturated carbocycles. The second-order valence-electron chi connectivity index (χ2n) is 4.99. The first kappa shape index (κ1) is 15.3. The summed E-state index contributed by atoms with van der Waals surface area (Å²) in [6, 6.07) is 6.31. The molecule has 0 unspecified atom stereocenters. The largest absolute Gasteiger partial charge is 0.397 e. The van der Waals surface area contributed by atoms with Crippen molar-refractivity contribution in [1.82, 2.24) is 4.90 Å². The molecule has 0 saturated heterocycles. The van der Waals surface area contributed by atoms with Crippen LogP contribution in [0.1, 0.15) is 29.9 Å². The Morgan fingerprint density at radius 1 is 1.52 bits per heavy atom. The summed E-state index contributed by atoms with van der Waals surface area (Å²) in [6.45, 7) is 4.13. The molecular weight excluding hydrogens is 289 g/mol. The van der Waals surface area contributed by atoms with E-state index in [-0.39, 0.29) is 24.2 Å². The van der Waals surface area contributed by atoms with Gasteiger partial charge in [-0.25, -0.2) is 4.39 Å². The molecule has 21 heavy (non-hydrogen) atoms. The Labute approximate surface area is 126 Å². The van der Waals surface area contributed by atoms with Crippen LogP contribution in [0.3, 0.4) is 0 Å². The number of fused-ring (bicyclic) bond motifs is 1. The second kappa shape index (κ2) is 6.10. The molecule has 1 aromatic heterocycles. The zero-order chi connectivity index (χ0) is 15.6. The number of thiophene rings is 1. The summed E-state index contributed by atoms with van der Waals surface area (Å²) in [5.74, 6) is -0.587. The highest BCUT2D eigenvalue weighted by Gasteiger charge is 2.23. The van der Waals surface area contributed by atoms with Crippen LogP contribution in [0.25, 0.3) is 10.1 Å². The molecule has 0 radical (unpaired) electrons. The molecule has 110 valence electrons. The van der Waals surface area contributed by atoms with Crippen LogP contribution < -0.4 is 5.73 Å². The maximum absolute atomic E-state index is 13.3. The van der Waals surface area contributed by atoms with Crippen molar-refractivity contribution in [2.24, 2.45) is 0 Å². The lowest BCUT2D eigenvalue weighted by atomic mass is 10.2. The van der Waals surface area contributed by atoms with E-state index in [2.05, 4.69) is 0 Å². The van der Waals surface area contributed by atoms with Gasteiger partial charge in [-0.2, -0.15) is 5.26 Å². The normalized spacial score (nSPS) is 10.8. The predicted molar refractivity (Wildman–Crippen MR) is 82.6 cm³/mol. The smallest absolute Gasteiger partial charge is 0.266 e. The number of rotatable bonds is 4. The Kier molecular flexibility index (Phi) is 4.43. The lowest BCUT2D eigenvalue weighted by molar-refractivity contribution is 0.0716. The maximum atomic E-state index is 13.3. The van der Waals surface area contributed by atoms with Gasteiger partial charge in [0.15, 0.2) is 0 Å². The molecule has 0 spiro atoms. The molecule has 0 aliphatic carbocycles. The summed E-state index contributed by atoms with van der Waals surface area (Å²) in [5.41, 5.74) is 6.31. The van der Waals surface area contributed by atoms with Gasteiger partial charge < -0.3 is 10.6 Å². The fourth-order valence-electron chi connectivity index (χ4n) is 2.14. The minimum Gasteiger partial charge on any atom is -0.397 e. The van der Waals surface area contributed by atoms with Crippen molar-refractivity contribution in [3.8, 4) is 6.07 Å². The molecule has 0 fully saturated rings. The van der Waals surface area contributed by atoms with Crippen molar-refractivity contribution < 1.29 is 9.18 Å². The molecular formula is C15H16FN3OS. The molecule has 0 aliphatic rings. The number of benzene rings is 1. The van der Waals surface area contributed by atoms with Gasteiger partial charge in [0.2, 0.25) is 0 Å². The summed E-state index contributed by atoms with van der Waals surface area (Å²) in [6.07, 6.45) is 0.267. The standard InChI is InChI=1S/C15H16FN3OS/c1-9(2)19(7-3-6-17)15(20)14-13(18)11-8-10(16)4-5-12(11)21-14/h4-5,8-9H,3,7,18H2,1-2H3. The van der Waals surface area contributed by atoms with E-state index in [4.69, 9.17) is 11.0 Å². The quantitative estimate of drug-likeness (QED) is 0.941. The van der Waals surface area contributed by atoms with Gasteiger partial charge in [0.25, 0.3) is 5.91 Å². The number of nitrogens with two attached hydrogens (primary N) is 1. The molecule has 1 aromatic carbocycles. The second-order valence-corrected chi connectivity index (χ2v) is 6.04. The molecule has 2 rings (SSSR count). The highest BCUT2D eigenvalue weighted by atomic mass is 32.1. The maximum Gasteiger partial charge on any atom is 0.266 e. The molecule has 4 nitrogen and oxygen atoms in total. The Morgan fingerprint density at radius 3 is 2.86 bits per heavy atom. The zero-order valence-electron chi connectivity index (χ0n) is 11.9. The molecule has 2 aromatic rings. The fourth-order valence-corrected chi connectivity index (χ4v) is 3.20. The van der Waals surface area contributed by atoms with Gasteiger partial charge in [-0.15, -0.1) is 11.3 Å². The van der Waals surface area contributed by atoms with Gasteiger partial charge >= 0.3 is 0 Å². The summed E-state index contributed by atoms with van der Waals surface area (Å²) in [7, 11) is 0. The van der Waals surface area contributed by atoms with Crippen molar-refractivity contribution in [1.29, 1.82) is 5.26 Å². The van der Waals surface area contributed by atoms with Crippen LogP contribution in [0.5, 0.6) is 0 Å². The summed E-state index contributed by atoms with van der Waals surface area (Å²) in [5, 5.41) is 9.26. The number of nitriles is 1. The number of halogens is 1. The third kappa shape index (κ3) is 2.98. The Balaban J connectivity index is 2.42. The van der Waals surface area contributed by atoms with Crippen molar-refractivity contribution >= 4 is 33.0 Å². The van der Waals surface area contributed by atoms with E-state index >= 15 is 0 Å². The first-order valence-electron chi connectivity index (χ1n) is 6.61. The first-order valence-corrected chi connectivity index (χ1v) is 7.42. The third-order valence-electron chi connectivity index (χ3n) is 3.23. The van der Waals surface area contributed by atoms with Crippen LogP contribution in [0.15, 0.2) is 18.2 Å². The van der Waals surface area contributed by atoms with Crippen LogP contribution in [0, 0.1) is 17.1 Å². The molecule has 1 amide bonds. The minimum atomic E-state index is -0.379. The van der Waals surface area contributed by atoms with Gasteiger partial charge in [0.1, 0.15) is 10.7 Å². The van der Waals surface area contributed by atoms with Crippen LogP contribution >= 0.6 is 11.3 Å². The van der Waals surface area contributed by atoms with Gasteiger partial charge in [0, 0.05) is 22.7 Å². The number of hydrogen-bond acceptors (Lipinski definition) is 4. The van der Waals surface area contributed by atoms with Crippen molar-refractivity contribution in [2.75, 3.05) is 12.3 Å². The lowest BCUT2D eigenvalue weighted by Crippen LogP contribution is -2.37. The van der Waals surface area contributed by atoms with Crippen LogP contribution in [0.2, 0.25) is 0 Å². The predicted octanol–water partition coefficient (Wildman–Crippen LogP) is 3.39. The van der Waals surface area contributed by atoms with Crippen LogP contribution in [-0.4, -0.2) is 23.4 Å². The molecule has 1 heterocycles. The van der Waals surface area contributed by atoms with Crippen LogP contribution in [0.4, 0.5) is 10.1 Å². The summed E-state index contributed by atoms with van der Waals surface area (Å²) in [4.78, 5) is 14.6. The summed E-state index contributed by atoms with van der Waals surface area (Å²) >= 11 is 1.25. The number of carbonyl (C=O) groups excluding carboxylic acids is 1. The Bertz CT molecular complexity index is 718. The fraction of sp³-hybridized carbons (Fsp3) is 0.333. The van der Waals surface area contributed by atoms with Crippen molar-refractivity contribution in [2.45, 2.75) is 26.3 Å². The number of anilines is 1. The lowest BCUT2D eigenvalue weighted by Gasteiger charge is -2.25. The van der Waals surface area contributed by atoms with Gasteiger partial charge in [-0.1, -0.05) is 0 Å². The summed E-state index contributed by atoms with van der Waals surface area (Å²) < 4.78 is 14.1. The minimum absolute atomic E-state index is 0.0350. The van der Waals surface area contributed by atoms with E-state index < -0.39 is 0 Å². The van der Waals surface area contributed by atoms with Gasteiger partial charge in [-0.05, 0) is 32.0 Å². The zero-order valence-corrected chi connectivity index (χ0v) is 12.7. The number of nitrogen functional groups attached to an aromatic ring is 1. The topological polar surface area (TPSA) is 70.1 Å². The highest BCUT2D eigenvalue weighted by molar-refractivity contribution is 7.21. The molecule has 0 bridgehead atoms. The van der Waals surface area contributed by atoms with E-state index in [9.17, 15) is 9.18 Å². The van der Waals surface area contributed by atoms with Gasteiger partial charge in [0.05, 0.1) is 18.2 Å². The van der Waals surface area contributed by atoms with Crippen molar-refractivity contribution in [3.05, 3.63) is 28.9 Å². The van der Waals surface area contributed by atoms with Crippen molar-refractivity contribution in [3.63, 3.8) is 0 Å². The van der Waals surface area contributed by atoms with Crippen LogP contribution in [-0.2, 0) is 0 Å². The molecule has 6 heteroatoms. The number of amides is 1. The van der Waals surface area contributed by atoms with E-state index in [0.717, 1.165) is 4.70 Å². The van der Waals surface area contributed by atoms with E-state index in [1.807, 2.05) is 19.9 Å². The molecule has 0 aliphatic heterocycles. The SMILES string of the molecule is CC(C)N(CCC#N)C(=O)c1sc2ccc(F)cc2c1N. The average Bonchev–Trinajstić information content (AvgIpc) is 2.76. The monoisotopic (exact) mass is 305 g/mol. The van der Waals surface area contributed by atoms with Gasteiger partial charge in [-0.3, -0.25) is 4.79 Å². The first-order chi connectivity index (χ1) is 9.95. The Hall–Kier alpha value is -2.13. The third-order valence-corrected chi connectivity index (χ3v) is 4.41. The number of nitrogens with zero attached hydrogens (tertiary/aromatic N) is 2.